The maximum absolute atomic E-state index is 5.89. The van der Waals surface area contributed by atoms with Crippen LogP contribution >= 0.6 is 0 Å². The molecule has 1 nitrogen and oxygen atoms in total. The standard InChI is InChI=1S/C10H23N/c1-4-6-10(11)8-7-9(3)5-2/h9-10H,4-8,11H2,1-3H3/t9?,10-/m1/s1. The molecule has 1 unspecified atom stereocenters. The van der Waals surface area contributed by atoms with Crippen LogP contribution in [0, 0.1) is 5.92 Å². The number of nitrogens with two attached hydrogens (primary N) is 1. The van der Waals surface area contributed by atoms with E-state index in [1.54, 1.807) is 0 Å². The SMILES string of the molecule is CCC[C@@H](N)CCC(C)CC. The Kier molecular flexibility index (Phi) is 6.63. The minimum absolute atomic E-state index is 0.453. The molecule has 0 aliphatic heterocycles. The fraction of sp³-hybridized carbons (Fsp3) is 1.00. The van der Waals surface area contributed by atoms with Gasteiger partial charge in [0.05, 0.1) is 0 Å². The van der Waals surface area contributed by atoms with Crippen molar-refractivity contribution < 1.29 is 0 Å². The van der Waals surface area contributed by atoms with E-state index in [2.05, 4.69) is 20.8 Å². The molecule has 2 atom stereocenters. The topological polar surface area (TPSA) is 26.0 Å². The molecule has 68 valence electrons. The molecular formula is C10H23N. The van der Waals surface area contributed by atoms with Crippen molar-refractivity contribution in [1.29, 1.82) is 0 Å². The zero-order chi connectivity index (χ0) is 8.69. The lowest BCUT2D eigenvalue weighted by atomic mass is 9.98. The fourth-order valence-corrected chi connectivity index (χ4v) is 1.22. The summed E-state index contributed by atoms with van der Waals surface area (Å²) >= 11 is 0. The van der Waals surface area contributed by atoms with Crippen LogP contribution in [0.15, 0.2) is 0 Å². The van der Waals surface area contributed by atoms with E-state index in [-0.39, 0.29) is 0 Å². The third kappa shape index (κ3) is 6.36. The number of hydrogen-bond donors (Lipinski definition) is 1. The Labute approximate surface area is 71.4 Å². The van der Waals surface area contributed by atoms with Crippen LogP contribution < -0.4 is 5.73 Å². The highest BCUT2D eigenvalue weighted by molar-refractivity contribution is 4.62. The summed E-state index contributed by atoms with van der Waals surface area (Å²) in [6, 6.07) is 0.453. The summed E-state index contributed by atoms with van der Waals surface area (Å²) in [5.41, 5.74) is 5.89. The van der Waals surface area contributed by atoms with E-state index in [4.69, 9.17) is 5.73 Å². The van der Waals surface area contributed by atoms with Crippen LogP contribution in [0.1, 0.15) is 52.9 Å². The third-order valence-corrected chi connectivity index (χ3v) is 2.39. The molecule has 0 saturated heterocycles. The van der Waals surface area contributed by atoms with Gasteiger partial charge in [-0.15, -0.1) is 0 Å². The Hall–Kier alpha value is -0.0400. The Bertz CT molecular complexity index is 80.9. The summed E-state index contributed by atoms with van der Waals surface area (Å²) in [7, 11) is 0. The van der Waals surface area contributed by atoms with Gasteiger partial charge in [-0.3, -0.25) is 0 Å². The molecule has 0 aromatic carbocycles. The van der Waals surface area contributed by atoms with Crippen molar-refractivity contribution in [2.45, 2.75) is 58.9 Å². The van der Waals surface area contributed by atoms with Gasteiger partial charge in [0.2, 0.25) is 0 Å². The maximum atomic E-state index is 5.89. The first-order valence-corrected chi connectivity index (χ1v) is 4.96. The molecule has 0 radical (unpaired) electrons. The van der Waals surface area contributed by atoms with E-state index in [1.807, 2.05) is 0 Å². The molecule has 0 aromatic heterocycles. The van der Waals surface area contributed by atoms with Gasteiger partial charge in [-0.1, -0.05) is 33.6 Å². The molecule has 0 aromatic rings. The first kappa shape index (κ1) is 11.0. The van der Waals surface area contributed by atoms with Crippen molar-refractivity contribution in [1.82, 2.24) is 0 Å². The smallest absolute Gasteiger partial charge is 0.00388 e. The van der Waals surface area contributed by atoms with E-state index in [1.165, 1.54) is 32.1 Å². The van der Waals surface area contributed by atoms with Crippen molar-refractivity contribution in [2.75, 3.05) is 0 Å². The normalized spacial score (nSPS) is 16.4. The summed E-state index contributed by atoms with van der Waals surface area (Å²) in [5, 5.41) is 0. The van der Waals surface area contributed by atoms with Gasteiger partial charge in [0, 0.05) is 6.04 Å². The molecule has 1 heteroatoms. The summed E-state index contributed by atoms with van der Waals surface area (Å²) < 4.78 is 0. The van der Waals surface area contributed by atoms with Crippen molar-refractivity contribution in [3.8, 4) is 0 Å². The van der Waals surface area contributed by atoms with Gasteiger partial charge in [-0.05, 0) is 25.2 Å². The first-order chi connectivity index (χ1) is 5.20. The van der Waals surface area contributed by atoms with Crippen LogP contribution in [0.3, 0.4) is 0 Å². The van der Waals surface area contributed by atoms with E-state index in [9.17, 15) is 0 Å². The average molecular weight is 157 g/mol. The fourth-order valence-electron chi connectivity index (χ4n) is 1.22. The molecule has 0 spiro atoms. The molecule has 0 rings (SSSR count). The molecule has 0 aliphatic rings. The van der Waals surface area contributed by atoms with Gasteiger partial charge in [-0.25, -0.2) is 0 Å². The number of rotatable bonds is 6. The molecule has 0 bridgehead atoms. The van der Waals surface area contributed by atoms with Crippen LogP contribution in [0.5, 0.6) is 0 Å². The van der Waals surface area contributed by atoms with Crippen LogP contribution in [-0.4, -0.2) is 6.04 Å². The summed E-state index contributed by atoms with van der Waals surface area (Å²) in [4.78, 5) is 0. The van der Waals surface area contributed by atoms with Gasteiger partial charge in [0.25, 0.3) is 0 Å². The van der Waals surface area contributed by atoms with Gasteiger partial charge in [0.1, 0.15) is 0 Å². The van der Waals surface area contributed by atoms with Crippen LogP contribution in [0.4, 0.5) is 0 Å². The Balaban J connectivity index is 3.22. The monoisotopic (exact) mass is 157 g/mol. The second-order valence-electron chi connectivity index (χ2n) is 3.64. The summed E-state index contributed by atoms with van der Waals surface area (Å²) in [6.45, 7) is 6.75. The van der Waals surface area contributed by atoms with Crippen molar-refractivity contribution in [2.24, 2.45) is 11.7 Å². The van der Waals surface area contributed by atoms with Crippen LogP contribution in [0.25, 0.3) is 0 Å². The molecule has 0 saturated carbocycles. The Morgan fingerprint density at radius 2 is 1.73 bits per heavy atom. The summed E-state index contributed by atoms with van der Waals surface area (Å²) in [6.07, 6.45) is 6.22. The molecule has 0 amide bonds. The van der Waals surface area contributed by atoms with Crippen molar-refractivity contribution in [3.05, 3.63) is 0 Å². The quantitative estimate of drug-likeness (QED) is 0.630. The molecular weight excluding hydrogens is 134 g/mol. The minimum atomic E-state index is 0.453. The maximum Gasteiger partial charge on any atom is 0.00388 e. The van der Waals surface area contributed by atoms with Gasteiger partial charge in [-0.2, -0.15) is 0 Å². The third-order valence-electron chi connectivity index (χ3n) is 2.39. The van der Waals surface area contributed by atoms with Gasteiger partial charge in [0.15, 0.2) is 0 Å². The van der Waals surface area contributed by atoms with Gasteiger partial charge >= 0.3 is 0 Å². The highest BCUT2D eigenvalue weighted by atomic mass is 14.6. The zero-order valence-electron chi connectivity index (χ0n) is 8.27. The molecule has 11 heavy (non-hydrogen) atoms. The second-order valence-corrected chi connectivity index (χ2v) is 3.64. The Morgan fingerprint density at radius 3 is 2.18 bits per heavy atom. The van der Waals surface area contributed by atoms with E-state index in [0.29, 0.717) is 6.04 Å². The lowest BCUT2D eigenvalue weighted by Gasteiger charge is -2.12. The minimum Gasteiger partial charge on any atom is -0.328 e. The zero-order valence-corrected chi connectivity index (χ0v) is 8.27. The highest BCUT2D eigenvalue weighted by Gasteiger charge is 2.03. The Morgan fingerprint density at radius 1 is 1.09 bits per heavy atom. The van der Waals surface area contributed by atoms with E-state index >= 15 is 0 Å². The lowest BCUT2D eigenvalue weighted by Crippen LogP contribution is -2.20. The first-order valence-electron chi connectivity index (χ1n) is 4.96. The highest BCUT2D eigenvalue weighted by Crippen LogP contribution is 2.12. The van der Waals surface area contributed by atoms with Crippen LogP contribution in [-0.2, 0) is 0 Å². The van der Waals surface area contributed by atoms with E-state index < -0.39 is 0 Å². The van der Waals surface area contributed by atoms with Crippen molar-refractivity contribution >= 4 is 0 Å². The van der Waals surface area contributed by atoms with Crippen LogP contribution in [0.2, 0.25) is 0 Å². The number of hydrogen-bond acceptors (Lipinski definition) is 1. The molecule has 0 aliphatic carbocycles. The lowest BCUT2D eigenvalue weighted by molar-refractivity contribution is 0.444. The predicted octanol–water partition coefficient (Wildman–Crippen LogP) is 2.94. The average Bonchev–Trinajstić information content (AvgIpc) is 2.01. The predicted molar refractivity (Wildman–Crippen MR) is 51.6 cm³/mol. The molecule has 0 fully saturated rings. The molecule has 0 heterocycles. The largest absolute Gasteiger partial charge is 0.328 e. The van der Waals surface area contributed by atoms with Gasteiger partial charge < -0.3 is 5.73 Å². The second kappa shape index (κ2) is 6.66. The van der Waals surface area contributed by atoms with Crippen molar-refractivity contribution in [3.63, 3.8) is 0 Å². The summed E-state index contributed by atoms with van der Waals surface area (Å²) in [5.74, 6) is 0.859. The van der Waals surface area contributed by atoms with E-state index in [0.717, 1.165) is 5.92 Å². The molecule has 2 N–H and O–H groups in total.